The lowest BCUT2D eigenvalue weighted by atomic mass is 10.0. The minimum Gasteiger partial charge on any atom is -0.490 e. The standard InChI is InChI=1S/C20H18ClN3O3S/c21-17-11-16-15-10-13(27-12-5-8-22-9-6-12)3-4-18(15)28(25,26)24-20(16)19-14(17)2-1-7-23-19/h1-4,7,10-12,22,24H,5-6,8-9H2. The summed E-state index contributed by atoms with van der Waals surface area (Å²) < 4.78 is 34.5. The number of hydrogen-bond donors (Lipinski definition) is 2. The summed E-state index contributed by atoms with van der Waals surface area (Å²) in [4.78, 5) is 4.57. The fourth-order valence-corrected chi connectivity index (χ4v) is 5.39. The van der Waals surface area contributed by atoms with Gasteiger partial charge >= 0.3 is 0 Å². The van der Waals surface area contributed by atoms with E-state index in [2.05, 4.69) is 15.0 Å². The smallest absolute Gasteiger partial charge is 0.262 e. The number of hydrogen-bond acceptors (Lipinski definition) is 5. The molecule has 3 heterocycles. The quantitative estimate of drug-likeness (QED) is 0.665. The van der Waals surface area contributed by atoms with Crippen LogP contribution in [0.15, 0.2) is 47.5 Å². The van der Waals surface area contributed by atoms with E-state index in [-0.39, 0.29) is 11.0 Å². The third-order valence-corrected chi connectivity index (χ3v) is 6.92. The monoisotopic (exact) mass is 415 g/mol. The Morgan fingerprint density at radius 3 is 2.75 bits per heavy atom. The van der Waals surface area contributed by atoms with Gasteiger partial charge in [0, 0.05) is 22.7 Å². The molecule has 0 atom stereocenters. The van der Waals surface area contributed by atoms with Crippen molar-refractivity contribution in [2.24, 2.45) is 0 Å². The Morgan fingerprint density at radius 2 is 1.93 bits per heavy atom. The zero-order chi connectivity index (χ0) is 19.3. The van der Waals surface area contributed by atoms with Crippen LogP contribution in [0.4, 0.5) is 5.69 Å². The van der Waals surface area contributed by atoms with E-state index in [0.717, 1.165) is 25.9 Å². The molecule has 2 aromatic carbocycles. The third-order valence-electron chi connectivity index (χ3n) is 5.20. The average molecular weight is 416 g/mol. The van der Waals surface area contributed by atoms with Crippen molar-refractivity contribution in [2.75, 3.05) is 17.8 Å². The summed E-state index contributed by atoms with van der Waals surface area (Å²) in [6, 6.07) is 10.5. The van der Waals surface area contributed by atoms with Gasteiger partial charge in [0.05, 0.1) is 21.1 Å². The summed E-state index contributed by atoms with van der Waals surface area (Å²) in [6.07, 6.45) is 3.60. The Morgan fingerprint density at radius 1 is 1.11 bits per heavy atom. The van der Waals surface area contributed by atoms with E-state index in [1.165, 1.54) is 0 Å². The van der Waals surface area contributed by atoms with Crippen LogP contribution in [0.5, 0.6) is 5.75 Å². The lowest BCUT2D eigenvalue weighted by Crippen LogP contribution is -2.34. The molecule has 2 aliphatic rings. The minimum absolute atomic E-state index is 0.124. The molecule has 2 N–H and O–H groups in total. The summed E-state index contributed by atoms with van der Waals surface area (Å²) in [5.41, 5.74) is 2.27. The molecule has 28 heavy (non-hydrogen) atoms. The fourth-order valence-electron chi connectivity index (χ4n) is 3.84. The number of sulfonamides is 1. The van der Waals surface area contributed by atoms with Crippen LogP contribution in [0, 0.1) is 0 Å². The summed E-state index contributed by atoms with van der Waals surface area (Å²) >= 11 is 6.47. The third kappa shape index (κ3) is 2.90. The molecule has 6 nitrogen and oxygen atoms in total. The minimum atomic E-state index is -3.71. The lowest BCUT2D eigenvalue weighted by Gasteiger charge is -2.26. The zero-order valence-corrected chi connectivity index (χ0v) is 16.5. The molecule has 0 radical (unpaired) electrons. The van der Waals surface area contributed by atoms with Gasteiger partial charge in [0.2, 0.25) is 0 Å². The van der Waals surface area contributed by atoms with Crippen LogP contribution in [0.25, 0.3) is 22.0 Å². The Kier molecular flexibility index (Phi) is 4.19. The molecule has 0 saturated carbocycles. The summed E-state index contributed by atoms with van der Waals surface area (Å²) in [5.74, 6) is 0.658. The van der Waals surface area contributed by atoms with Gasteiger partial charge in [0.25, 0.3) is 10.0 Å². The summed E-state index contributed by atoms with van der Waals surface area (Å²) in [6.45, 7) is 1.84. The number of anilines is 1. The number of ether oxygens (including phenoxy) is 1. The first-order valence-electron chi connectivity index (χ1n) is 9.15. The van der Waals surface area contributed by atoms with Gasteiger partial charge in [0.15, 0.2) is 0 Å². The topological polar surface area (TPSA) is 80.3 Å². The van der Waals surface area contributed by atoms with Crippen molar-refractivity contribution in [3.05, 3.63) is 47.6 Å². The zero-order valence-electron chi connectivity index (χ0n) is 14.9. The molecule has 1 fully saturated rings. The molecule has 8 heteroatoms. The first-order valence-corrected chi connectivity index (χ1v) is 11.0. The molecule has 1 aromatic heterocycles. The number of piperidine rings is 1. The maximum atomic E-state index is 12.8. The van der Waals surface area contributed by atoms with Crippen LogP contribution in [-0.4, -0.2) is 32.6 Å². The fraction of sp³-hybridized carbons (Fsp3) is 0.250. The second-order valence-electron chi connectivity index (χ2n) is 7.01. The molecule has 144 valence electrons. The molecule has 1 saturated heterocycles. The predicted octanol–water partition coefficient (Wildman–Crippen LogP) is 3.80. The molecule has 5 rings (SSSR count). The average Bonchev–Trinajstić information content (AvgIpc) is 2.70. The maximum Gasteiger partial charge on any atom is 0.262 e. The Balaban J connectivity index is 1.68. The van der Waals surface area contributed by atoms with Crippen molar-refractivity contribution < 1.29 is 13.2 Å². The van der Waals surface area contributed by atoms with E-state index in [4.69, 9.17) is 16.3 Å². The number of nitrogens with zero attached hydrogens (tertiary/aromatic N) is 1. The van der Waals surface area contributed by atoms with Crippen molar-refractivity contribution in [3.8, 4) is 16.9 Å². The van der Waals surface area contributed by atoms with Crippen LogP contribution in [0.3, 0.4) is 0 Å². The van der Waals surface area contributed by atoms with Crippen LogP contribution < -0.4 is 14.8 Å². The maximum absolute atomic E-state index is 12.8. The highest BCUT2D eigenvalue weighted by Crippen LogP contribution is 2.45. The highest BCUT2D eigenvalue weighted by Gasteiger charge is 2.30. The molecule has 0 unspecified atom stereocenters. The largest absolute Gasteiger partial charge is 0.490 e. The van der Waals surface area contributed by atoms with Gasteiger partial charge in [-0.05, 0) is 62.3 Å². The van der Waals surface area contributed by atoms with Gasteiger partial charge < -0.3 is 10.1 Å². The van der Waals surface area contributed by atoms with Crippen LogP contribution in [-0.2, 0) is 10.0 Å². The van der Waals surface area contributed by atoms with E-state index in [0.29, 0.717) is 38.5 Å². The summed E-state index contributed by atoms with van der Waals surface area (Å²) in [7, 11) is -3.71. The predicted molar refractivity (Wildman–Crippen MR) is 110 cm³/mol. The molecule has 0 amide bonds. The van der Waals surface area contributed by atoms with Crippen molar-refractivity contribution in [1.29, 1.82) is 0 Å². The van der Waals surface area contributed by atoms with Crippen LogP contribution >= 0.6 is 11.6 Å². The Bertz CT molecular complexity index is 1190. The molecule has 3 aromatic rings. The highest BCUT2D eigenvalue weighted by molar-refractivity contribution is 7.93. The molecule has 0 aliphatic carbocycles. The van der Waals surface area contributed by atoms with Crippen molar-refractivity contribution in [3.63, 3.8) is 0 Å². The molecule has 2 aliphatic heterocycles. The van der Waals surface area contributed by atoms with Crippen LogP contribution in [0.1, 0.15) is 12.8 Å². The Hall–Kier alpha value is -2.35. The van der Waals surface area contributed by atoms with Crippen molar-refractivity contribution >= 4 is 38.2 Å². The summed E-state index contributed by atoms with van der Waals surface area (Å²) in [5, 5.41) is 4.54. The van der Waals surface area contributed by atoms with Gasteiger partial charge in [-0.3, -0.25) is 9.71 Å². The normalized spacial score (nSPS) is 18.2. The van der Waals surface area contributed by atoms with E-state index >= 15 is 0 Å². The number of rotatable bonds is 2. The van der Waals surface area contributed by atoms with Crippen molar-refractivity contribution in [1.82, 2.24) is 10.3 Å². The van der Waals surface area contributed by atoms with E-state index in [1.807, 2.05) is 6.07 Å². The molecular weight excluding hydrogens is 398 g/mol. The van der Waals surface area contributed by atoms with Gasteiger partial charge in [-0.25, -0.2) is 8.42 Å². The van der Waals surface area contributed by atoms with Gasteiger partial charge in [-0.2, -0.15) is 0 Å². The molecule has 0 spiro atoms. The SMILES string of the molecule is O=S1(=O)Nc2c(cc(Cl)c3cccnc23)-c2cc(OC3CCNCC3)ccc21. The number of pyridine rings is 1. The second kappa shape index (κ2) is 6.62. The number of halogens is 1. The lowest BCUT2D eigenvalue weighted by molar-refractivity contribution is 0.162. The highest BCUT2D eigenvalue weighted by atomic mass is 35.5. The van der Waals surface area contributed by atoms with E-state index < -0.39 is 10.0 Å². The second-order valence-corrected chi connectivity index (χ2v) is 9.07. The Labute approximate surface area is 167 Å². The number of benzene rings is 2. The molecule has 0 bridgehead atoms. The first kappa shape index (κ1) is 17.7. The van der Waals surface area contributed by atoms with E-state index in [1.54, 1.807) is 36.5 Å². The van der Waals surface area contributed by atoms with Crippen molar-refractivity contribution in [2.45, 2.75) is 23.8 Å². The number of aromatic nitrogens is 1. The molecular formula is C20H18ClN3O3S. The number of nitrogens with one attached hydrogen (secondary N) is 2. The van der Waals surface area contributed by atoms with Gasteiger partial charge in [-0.15, -0.1) is 0 Å². The van der Waals surface area contributed by atoms with Gasteiger partial charge in [0.1, 0.15) is 11.9 Å². The van der Waals surface area contributed by atoms with Gasteiger partial charge in [-0.1, -0.05) is 11.6 Å². The van der Waals surface area contributed by atoms with E-state index in [9.17, 15) is 8.42 Å². The first-order chi connectivity index (χ1) is 13.5. The van der Waals surface area contributed by atoms with Crippen LogP contribution in [0.2, 0.25) is 5.02 Å². The number of fused-ring (bicyclic) bond motifs is 5.